The zero-order chi connectivity index (χ0) is 17.1. The van der Waals surface area contributed by atoms with Gasteiger partial charge in [-0.05, 0) is 69.7 Å². The van der Waals surface area contributed by atoms with Crippen LogP contribution in [0.2, 0.25) is 0 Å². The highest BCUT2D eigenvalue weighted by Crippen LogP contribution is 2.35. The summed E-state index contributed by atoms with van der Waals surface area (Å²) in [7, 11) is 0. The molecule has 1 aliphatic heterocycles. The number of rotatable bonds is 5. The van der Waals surface area contributed by atoms with Gasteiger partial charge < -0.3 is 20.7 Å². The predicted octanol–water partition coefficient (Wildman–Crippen LogP) is 2.54. The largest absolute Gasteiger partial charge is 0.387 e. The molecule has 0 bridgehead atoms. The summed E-state index contributed by atoms with van der Waals surface area (Å²) in [5.74, 6) is 2.45. The second-order valence-corrected chi connectivity index (χ2v) is 7.99. The van der Waals surface area contributed by atoms with Gasteiger partial charge in [-0.1, -0.05) is 12.1 Å². The van der Waals surface area contributed by atoms with Gasteiger partial charge in [-0.2, -0.15) is 0 Å². The average Bonchev–Trinajstić information content (AvgIpc) is 3.07. The molecule has 136 valence electrons. The number of hydrogen-bond donors (Lipinski definition) is 4. The van der Waals surface area contributed by atoms with E-state index in [0.717, 1.165) is 55.3 Å². The number of fused-ring (bicyclic) bond motifs is 1. The van der Waals surface area contributed by atoms with Crippen molar-refractivity contribution in [1.82, 2.24) is 20.6 Å². The van der Waals surface area contributed by atoms with Crippen molar-refractivity contribution >= 4 is 11.0 Å². The molecular formula is C20H30N4O. The van der Waals surface area contributed by atoms with Crippen LogP contribution in [0.3, 0.4) is 0 Å². The van der Waals surface area contributed by atoms with Gasteiger partial charge in [0, 0.05) is 19.0 Å². The third kappa shape index (κ3) is 4.05. The lowest BCUT2D eigenvalue weighted by molar-refractivity contribution is 0.0161. The molecule has 0 spiro atoms. The summed E-state index contributed by atoms with van der Waals surface area (Å²) in [5, 5.41) is 17.3. The normalized spacial score (nSPS) is 30.6. The van der Waals surface area contributed by atoms with Crippen molar-refractivity contribution in [2.75, 3.05) is 26.2 Å². The second kappa shape index (κ2) is 7.44. The zero-order valence-corrected chi connectivity index (χ0v) is 14.9. The van der Waals surface area contributed by atoms with E-state index < -0.39 is 5.60 Å². The Morgan fingerprint density at radius 1 is 1.20 bits per heavy atom. The van der Waals surface area contributed by atoms with Crippen LogP contribution in [0, 0.1) is 5.92 Å². The number of nitrogens with zero attached hydrogens (tertiary/aromatic N) is 1. The summed E-state index contributed by atoms with van der Waals surface area (Å²) in [5.41, 5.74) is 1.68. The quantitative estimate of drug-likeness (QED) is 0.674. The topological polar surface area (TPSA) is 73.0 Å². The number of imidazole rings is 1. The van der Waals surface area contributed by atoms with E-state index in [4.69, 9.17) is 4.98 Å². The molecule has 5 heteroatoms. The molecule has 5 nitrogen and oxygen atoms in total. The molecule has 1 aromatic carbocycles. The van der Waals surface area contributed by atoms with Crippen molar-refractivity contribution in [2.24, 2.45) is 5.92 Å². The fourth-order valence-corrected chi connectivity index (χ4v) is 4.42. The Morgan fingerprint density at radius 2 is 2.04 bits per heavy atom. The summed E-state index contributed by atoms with van der Waals surface area (Å²) in [4.78, 5) is 8.29. The highest BCUT2D eigenvalue weighted by Gasteiger charge is 2.29. The lowest BCUT2D eigenvalue weighted by atomic mass is 9.81. The molecule has 1 aliphatic carbocycles. The third-order valence-corrected chi connectivity index (χ3v) is 5.98. The Morgan fingerprint density at radius 3 is 2.80 bits per heavy atom. The van der Waals surface area contributed by atoms with Crippen molar-refractivity contribution in [1.29, 1.82) is 0 Å². The Hall–Kier alpha value is -1.43. The molecule has 1 saturated carbocycles. The number of aromatic amines is 1. The number of para-hydroxylation sites is 2. The van der Waals surface area contributed by atoms with Crippen molar-refractivity contribution in [2.45, 2.75) is 50.0 Å². The van der Waals surface area contributed by atoms with Crippen LogP contribution in [0.5, 0.6) is 0 Å². The summed E-state index contributed by atoms with van der Waals surface area (Å²) >= 11 is 0. The lowest BCUT2D eigenvalue weighted by Gasteiger charge is -2.34. The maximum absolute atomic E-state index is 10.5. The van der Waals surface area contributed by atoms with Crippen molar-refractivity contribution in [3.05, 3.63) is 30.1 Å². The fraction of sp³-hybridized carbons (Fsp3) is 0.650. The minimum absolute atomic E-state index is 0.552. The number of aliphatic hydroxyl groups is 1. The number of β-amino-alcohol motifs (C(OH)–C–C–N with tert-alkyl or cyclic N) is 1. The third-order valence-electron chi connectivity index (χ3n) is 5.98. The molecule has 1 aromatic heterocycles. The number of H-pyrrole nitrogens is 1. The average molecular weight is 342 g/mol. The standard InChI is InChI=1S/C20H30N4O/c25-20(10-3-11-21-13-20)14-22-12-15-6-8-16(9-7-15)19-23-17-4-1-2-5-18(17)24-19/h1-2,4-5,15-16,21-22,25H,3,6-14H2,(H,23,24)/t15?,16?,20-/m1/s1. The highest BCUT2D eigenvalue weighted by atomic mass is 16.3. The smallest absolute Gasteiger partial charge is 0.110 e. The molecule has 4 N–H and O–H groups in total. The highest BCUT2D eigenvalue weighted by molar-refractivity contribution is 5.74. The molecule has 25 heavy (non-hydrogen) atoms. The van der Waals surface area contributed by atoms with E-state index in [0.29, 0.717) is 12.5 Å². The molecule has 0 radical (unpaired) electrons. The minimum atomic E-state index is -0.552. The van der Waals surface area contributed by atoms with Crippen LogP contribution < -0.4 is 10.6 Å². The SMILES string of the molecule is O[C@]1(CNCC2CCC(c3nc4ccccc4[nH]3)CC2)CCCNC1. The van der Waals surface area contributed by atoms with Crippen molar-refractivity contribution in [3.63, 3.8) is 0 Å². The first-order chi connectivity index (χ1) is 12.2. The first-order valence-electron chi connectivity index (χ1n) is 9.80. The van der Waals surface area contributed by atoms with E-state index in [9.17, 15) is 5.11 Å². The van der Waals surface area contributed by atoms with Crippen molar-refractivity contribution in [3.8, 4) is 0 Å². The summed E-state index contributed by atoms with van der Waals surface area (Å²) in [6.07, 6.45) is 6.87. The van der Waals surface area contributed by atoms with Crippen LogP contribution in [-0.2, 0) is 0 Å². The monoisotopic (exact) mass is 342 g/mol. The molecule has 0 unspecified atom stereocenters. The van der Waals surface area contributed by atoms with E-state index in [-0.39, 0.29) is 0 Å². The first-order valence-corrected chi connectivity index (χ1v) is 9.80. The second-order valence-electron chi connectivity index (χ2n) is 7.99. The molecule has 2 heterocycles. The van der Waals surface area contributed by atoms with E-state index in [1.165, 1.54) is 25.7 Å². The van der Waals surface area contributed by atoms with E-state index >= 15 is 0 Å². The molecule has 1 atom stereocenters. The van der Waals surface area contributed by atoms with Gasteiger partial charge in [0.2, 0.25) is 0 Å². The number of hydrogen-bond acceptors (Lipinski definition) is 4. The fourth-order valence-electron chi connectivity index (χ4n) is 4.42. The maximum atomic E-state index is 10.5. The van der Waals surface area contributed by atoms with Crippen LogP contribution in [0.4, 0.5) is 0 Å². The van der Waals surface area contributed by atoms with E-state index in [1.807, 2.05) is 6.07 Å². The summed E-state index contributed by atoms with van der Waals surface area (Å²) in [6.45, 7) is 3.49. The van der Waals surface area contributed by atoms with Gasteiger partial charge in [0.1, 0.15) is 5.82 Å². The Balaban J connectivity index is 1.24. The number of piperidine rings is 1. The molecule has 2 aromatic rings. The molecule has 2 fully saturated rings. The van der Waals surface area contributed by atoms with Crippen LogP contribution in [0.25, 0.3) is 11.0 Å². The van der Waals surface area contributed by atoms with Gasteiger partial charge in [0.05, 0.1) is 16.6 Å². The lowest BCUT2D eigenvalue weighted by Crippen LogP contribution is -2.52. The van der Waals surface area contributed by atoms with Gasteiger partial charge in [0.25, 0.3) is 0 Å². The van der Waals surface area contributed by atoms with Gasteiger partial charge in [0.15, 0.2) is 0 Å². The number of benzene rings is 1. The zero-order valence-electron chi connectivity index (χ0n) is 14.9. The van der Waals surface area contributed by atoms with Crippen molar-refractivity contribution < 1.29 is 5.11 Å². The van der Waals surface area contributed by atoms with Gasteiger partial charge >= 0.3 is 0 Å². The first kappa shape index (κ1) is 17.0. The predicted molar refractivity (Wildman–Crippen MR) is 101 cm³/mol. The molecule has 4 rings (SSSR count). The summed E-state index contributed by atoms with van der Waals surface area (Å²) < 4.78 is 0. The van der Waals surface area contributed by atoms with Gasteiger partial charge in [-0.15, -0.1) is 0 Å². The van der Waals surface area contributed by atoms with E-state index in [1.54, 1.807) is 0 Å². The Kier molecular flexibility index (Phi) is 5.06. The van der Waals surface area contributed by atoms with E-state index in [2.05, 4.69) is 33.8 Å². The Labute approximate surface area is 149 Å². The number of aromatic nitrogens is 2. The van der Waals surface area contributed by atoms with Gasteiger partial charge in [-0.25, -0.2) is 4.98 Å². The number of nitrogens with one attached hydrogen (secondary N) is 3. The minimum Gasteiger partial charge on any atom is -0.387 e. The molecule has 2 aliphatic rings. The summed E-state index contributed by atoms with van der Waals surface area (Å²) in [6, 6.07) is 8.29. The Bertz CT molecular complexity index is 651. The van der Waals surface area contributed by atoms with Gasteiger partial charge in [-0.3, -0.25) is 0 Å². The molecule has 0 amide bonds. The molecule has 1 saturated heterocycles. The van der Waals surface area contributed by atoms with Crippen LogP contribution in [-0.4, -0.2) is 46.9 Å². The maximum Gasteiger partial charge on any atom is 0.110 e. The van der Waals surface area contributed by atoms with Crippen LogP contribution in [0.15, 0.2) is 24.3 Å². The van der Waals surface area contributed by atoms with Crippen LogP contribution >= 0.6 is 0 Å². The van der Waals surface area contributed by atoms with Crippen LogP contribution in [0.1, 0.15) is 50.3 Å². The molecular weight excluding hydrogens is 312 g/mol.